The Balaban J connectivity index is 2.01. The maximum absolute atomic E-state index is 13.0. The van der Waals surface area contributed by atoms with Gasteiger partial charge in [0.15, 0.2) is 0 Å². The van der Waals surface area contributed by atoms with Crippen LogP contribution in [0.15, 0.2) is 48.5 Å². The van der Waals surface area contributed by atoms with E-state index in [9.17, 15) is 19.1 Å². The molecule has 2 rings (SSSR count). The van der Waals surface area contributed by atoms with Crippen molar-refractivity contribution >= 4 is 29.1 Å². The molecule has 0 bridgehead atoms. The third-order valence-corrected chi connectivity index (χ3v) is 3.36. The van der Waals surface area contributed by atoms with E-state index < -0.39 is 23.7 Å². The van der Waals surface area contributed by atoms with Crippen LogP contribution in [-0.2, 0) is 9.59 Å². The van der Waals surface area contributed by atoms with E-state index in [-0.39, 0.29) is 17.3 Å². The van der Waals surface area contributed by atoms with Crippen molar-refractivity contribution in [1.29, 1.82) is 0 Å². The van der Waals surface area contributed by atoms with Crippen LogP contribution in [0.2, 0.25) is 5.02 Å². The van der Waals surface area contributed by atoms with Gasteiger partial charge in [0.05, 0.1) is 17.7 Å². The summed E-state index contributed by atoms with van der Waals surface area (Å²) in [5.41, 5.74) is 0.859. The number of hydrogen-bond donors (Lipinski definition) is 3. The number of hydrogen-bond acceptors (Lipinski definition) is 3. The number of aliphatic hydroxyl groups is 1. The number of rotatable bonds is 4. The van der Waals surface area contributed by atoms with Crippen molar-refractivity contribution in [3.63, 3.8) is 0 Å². The van der Waals surface area contributed by atoms with Gasteiger partial charge in [0.2, 0.25) is 0 Å². The molecule has 0 aliphatic rings. The first kappa shape index (κ1) is 16.9. The summed E-state index contributed by atoms with van der Waals surface area (Å²) in [6, 6.07) is 11.6. The van der Waals surface area contributed by atoms with Gasteiger partial charge in [0, 0.05) is 5.69 Å². The maximum atomic E-state index is 13.0. The summed E-state index contributed by atoms with van der Waals surface area (Å²) in [5.74, 6) is -2.49. The molecule has 2 amide bonds. The molecule has 3 N–H and O–H groups in total. The predicted octanol–water partition coefficient (Wildman–Crippen LogP) is 2.27. The lowest BCUT2D eigenvalue weighted by molar-refractivity contribution is -0.136. The minimum atomic E-state index is -0.943. The maximum Gasteiger partial charge on any atom is 0.313 e. The van der Waals surface area contributed by atoms with Gasteiger partial charge in [0.25, 0.3) is 0 Å². The standard InChI is InChI=1S/C16H14ClFN2O3/c17-12-8-11(6-7-13(12)18)19-15(22)16(23)20-14(9-21)10-4-2-1-3-5-10/h1-8,14,21H,9H2,(H,19,22)(H,20,23). The van der Waals surface area contributed by atoms with E-state index in [4.69, 9.17) is 11.6 Å². The topological polar surface area (TPSA) is 78.4 Å². The summed E-state index contributed by atoms with van der Waals surface area (Å²) >= 11 is 5.60. The third kappa shape index (κ3) is 4.51. The van der Waals surface area contributed by atoms with Crippen LogP contribution in [0.5, 0.6) is 0 Å². The fourth-order valence-electron chi connectivity index (χ4n) is 1.91. The van der Waals surface area contributed by atoms with E-state index in [1.165, 1.54) is 12.1 Å². The molecule has 1 atom stereocenters. The molecule has 23 heavy (non-hydrogen) atoms. The van der Waals surface area contributed by atoms with Crippen molar-refractivity contribution in [2.75, 3.05) is 11.9 Å². The van der Waals surface area contributed by atoms with E-state index in [1.54, 1.807) is 30.3 Å². The van der Waals surface area contributed by atoms with Gasteiger partial charge in [-0.15, -0.1) is 0 Å². The fourth-order valence-corrected chi connectivity index (χ4v) is 2.09. The number of carbonyl (C=O) groups excluding carboxylic acids is 2. The molecule has 2 aromatic carbocycles. The number of halogens is 2. The highest BCUT2D eigenvalue weighted by atomic mass is 35.5. The first-order valence-electron chi connectivity index (χ1n) is 6.74. The minimum Gasteiger partial charge on any atom is -0.394 e. The van der Waals surface area contributed by atoms with E-state index in [0.29, 0.717) is 5.56 Å². The summed E-state index contributed by atoms with van der Waals surface area (Å²) in [4.78, 5) is 23.8. The molecule has 0 aromatic heterocycles. The summed E-state index contributed by atoms with van der Waals surface area (Å²) < 4.78 is 13.0. The second-order valence-corrected chi connectivity index (χ2v) is 5.11. The Bertz CT molecular complexity index is 710. The van der Waals surface area contributed by atoms with Crippen molar-refractivity contribution in [2.24, 2.45) is 0 Å². The van der Waals surface area contributed by atoms with Crippen LogP contribution >= 0.6 is 11.6 Å². The largest absolute Gasteiger partial charge is 0.394 e. The highest BCUT2D eigenvalue weighted by Crippen LogP contribution is 2.19. The Morgan fingerprint density at radius 3 is 2.43 bits per heavy atom. The molecule has 5 nitrogen and oxygen atoms in total. The van der Waals surface area contributed by atoms with Crippen LogP contribution in [0, 0.1) is 5.82 Å². The molecule has 0 aliphatic carbocycles. The predicted molar refractivity (Wildman–Crippen MR) is 84.5 cm³/mol. The molecule has 0 heterocycles. The molecule has 0 fully saturated rings. The Labute approximate surface area is 137 Å². The van der Waals surface area contributed by atoms with Crippen molar-refractivity contribution in [3.05, 3.63) is 64.9 Å². The zero-order valence-corrected chi connectivity index (χ0v) is 12.7. The Kier molecular flexibility index (Phi) is 5.67. The number of carbonyl (C=O) groups is 2. The van der Waals surface area contributed by atoms with Gasteiger partial charge in [-0.25, -0.2) is 4.39 Å². The summed E-state index contributed by atoms with van der Waals surface area (Å²) in [7, 11) is 0. The van der Waals surface area contributed by atoms with E-state index in [2.05, 4.69) is 10.6 Å². The summed E-state index contributed by atoms with van der Waals surface area (Å²) in [6.07, 6.45) is 0. The minimum absolute atomic E-state index is 0.166. The summed E-state index contributed by atoms with van der Waals surface area (Å²) in [5, 5.41) is 13.9. The van der Waals surface area contributed by atoms with Gasteiger partial charge >= 0.3 is 11.8 Å². The molecule has 0 spiro atoms. The number of amides is 2. The molecule has 2 aromatic rings. The molecule has 0 saturated heterocycles. The Hall–Kier alpha value is -2.44. The zero-order chi connectivity index (χ0) is 16.8. The monoisotopic (exact) mass is 336 g/mol. The van der Waals surface area contributed by atoms with Gasteiger partial charge in [-0.05, 0) is 23.8 Å². The van der Waals surface area contributed by atoms with Crippen molar-refractivity contribution < 1.29 is 19.1 Å². The average Bonchev–Trinajstić information content (AvgIpc) is 2.56. The van der Waals surface area contributed by atoms with Crippen molar-refractivity contribution in [1.82, 2.24) is 5.32 Å². The van der Waals surface area contributed by atoms with E-state index in [1.807, 2.05) is 0 Å². The molecule has 120 valence electrons. The van der Waals surface area contributed by atoms with E-state index >= 15 is 0 Å². The lowest BCUT2D eigenvalue weighted by Crippen LogP contribution is -2.39. The average molecular weight is 337 g/mol. The van der Waals surface area contributed by atoms with Gasteiger partial charge in [-0.1, -0.05) is 41.9 Å². The van der Waals surface area contributed by atoms with Gasteiger partial charge in [-0.3, -0.25) is 9.59 Å². The van der Waals surface area contributed by atoms with E-state index in [0.717, 1.165) is 6.07 Å². The summed E-state index contributed by atoms with van der Waals surface area (Å²) in [6.45, 7) is -0.356. The first-order valence-corrected chi connectivity index (χ1v) is 7.11. The normalized spacial score (nSPS) is 11.6. The van der Waals surface area contributed by atoms with Crippen LogP contribution < -0.4 is 10.6 Å². The molecular formula is C16H14ClFN2O3. The van der Waals surface area contributed by atoms with Crippen LogP contribution in [0.3, 0.4) is 0 Å². The van der Waals surface area contributed by atoms with Crippen molar-refractivity contribution in [2.45, 2.75) is 6.04 Å². The molecule has 0 saturated carbocycles. The van der Waals surface area contributed by atoms with Gasteiger partial charge in [0.1, 0.15) is 5.82 Å². The fraction of sp³-hybridized carbons (Fsp3) is 0.125. The molecule has 1 unspecified atom stereocenters. The SMILES string of the molecule is O=C(Nc1ccc(F)c(Cl)c1)C(=O)NC(CO)c1ccccc1. The lowest BCUT2D eigenvalue weighted by atomic mass is 10.1. The van der Waals surface area contributed by atoms with Crippen molar-refractivity contribution in [3.8, 4) is 0 Å². The van der Waals surface area contributed by atoms with Gasteiger partial charge < -0.3 is 15.7 Å². The zero-order valence-electron chi connectivity index (χ0n) is 11.9. The second kappa shape index (κ2) is 7.71. The molecule has 0 radical (unpaired) electrons. The second-order valence-electron chi connectivity index (χ2n) is 4.70. The Morgan fingerprint density at radius 2 is 1.83 bits per heavy atom. The van der Waals surface area contributed by atoms with Gasteiger partial charge in [-0.2, -0.15) is 0 Å². The first-order chi connectivity index (χ1) is 11.0. The number of nitrogens with one attached hydrogen (secondary N) is 2. The lowest BCUT2D eigenvalue weighted by Gasteiger charge is -2.16. The third-order valence-electron chi connectivity index (χ3n) is 3.07. The van der Waals surface area contributed by atoms with Crippen LogP contribution in [0.25, 0.3) is 0 Å². The molecular weight excluding hydrogens is 323 g/mol. The number of anilines is 1. The highest BCUT2D eigenvalue weighted by Gasteiger charge is 2.19. The number of aliphatic hydroxyl groups excluding tert-OH is 1. The quantitative estimate of drug-likeness (QED) is 0.749. The molecule has 7 heteroatoms. The van der Waals surface area contributed by atoms with Crippen LogP contribution in [-0.4, -0.2) is 23.5 Å². The Morgan fingerprint density at radius 1 is 1.13 bits per heavy atom. The smallest absolute Gasteiger partial charge is 0.313 e. The van der Waals surface area contributed by atoms with Crippen LogP contribution in [0.4, 0.5) is 10.1 Å². The molecule has 0 aliphatic heterocycles. The van der Waals surface area contributed by atoms with Crippen LogP contribution in [0.1, 0.15) is 11.6 Å². The number of benzene rings is 2. The highest BCUT2D eigenvalue weighted by molar-refractivity contribution is 6.40.